The van der Waals surface area contributed by atoms with Gasteiger partial charge in [-0.25, -0.2) is 0 Å². The van der Waals surface area contributed by atoms with Gasteiger partial charge in [0.1, 0.15) is 0 Å². The highest BCUT2D eigenvalue weighted by atomic mass is 32.8. The van der Waals surface area contributed by atoms with Crippen LogP contribution in [-0.2, 0) is 19.7 Å². The Morgan fingerprint density at radius 1 is 1.27 bits per heavy atom. The van der Waals surface area contributed by atoms with Crippen LogP contribution >= 0.6 is 0 Å². The molecule has 11 heavy (non-hydrogen) atoms. The molecule has 0 bridgehead atoms. The van der Waals surface area contributed by atoms with Gasteiger partial charge in [-0.15, -0.1) is 24.7 Å². The van der Waals surface area contributed by atoms with Crippen LogP contribution in [0, 0.1) is 36.5 Å². The zero-order valence-corrected chi connectivity index (χ0v) is 7.58. The maximum atomic E-state index is 11.3. The summed E-state index contributed by atoms with van der Waals surface area (Å²) in [6, 6.07) is 0. The Morgan fingerprint density at radius 3 is 1.91 bits per heavy atom. The molecule has 1 heterocycles. The molecule has 2 unspecified atom stereocenters. The maximum Gasteiger partial charge on any atom is 0.0464 e. The first kappa shape index (κ1) is 8.59. The summed E-state index contributed by atoms with van der Waals surface area (Å²) in [5, 5.41) is 0. The first-order valence-corrected chi connectivity index (χ1v) is 6.04. The van der Waals surface area contributed by atoms with Crippen LogP contribution in [0.2, 0.25) is 0 Å². The summed E-state index contributed by atoms with van der Waals surface area (Å²) in [5.41, 5.74) is 0. The molecule has 3 heteroatoms. The number of hydrogen-bond donors (Lipinski definition) is 0. The van der Waals surface area contributed by atoms with E-state index in [0.717, 1.165) is 0 Å². The highest BCUT2D eigenvalue weighted by Gasteiger charge is 2.32. The summed E-state index contributed by atoms with van der Waals surface area (Å²) < 4.78 is 11.3. The fourth-order valence-corrected chi connectivity index (χ4v) is 3.94. The fourth-order valence-electron chi connectivity index (χ4n) is 1.18. The van der Waals surface area contributed by atoms with E-state index in [9.17, 15) is 4.21 Å². The minimum atomic E-state index is -2.12. The molecule has 0 spiro atoms. The Kier molecular flexibility index (Phi) is 2.23. The van der Waals surface area contributed by atoms with Gasteiger partial charge in [-0.3, -0.25) is 4.21 Å². The van der Waals surface area contributed by atoms with Gasteiger partial charge in [0, 0.05) is 31.8 Å². The van der Waals surface area contributed by atoms with Crippen molar-refractivity contribution in [3.05, 3.63) is 0 Å². The number of hydrogen-bond acceptors (Lipinski definition) is 2. The molecule has 1 saturated heterocycles. The lowest BCUT2D eigenvalue weighted by Gasteiger charge is -2.01. The van der Waals surface area contributed by atoms with E-state index in [4.69, 9.17) is 24.0 Å². The van der Waals surface area contributed by atoms with Crippen molar-refractivity contribution in [1.82, 2.24) is 0 Å². The summed E-state index contributed by atoms with van der Waals surface area (Å²) in [5.74, 6) is 5.78. The third-order valence-electron chi connectivity index (χ3n) is 1.78. The molecule has 0 aliphatic carbocycles. The van der Waals surface area contributed by atoms with E-state index in [1.165, 1.54) is 0 Å². The predicted octanol–water partition coefficient (Wildman–Crippen LogP) is 0.245. The lowest BCUT2D eigenvalue weighted by molar-refractivity contribution is 0.642. The van der Waals surface area contributed by atoms with Gasteiger partial charge < -0.3 is 0 Å². The summed E-state index contributed by atoms with van der Waals surface area (Å²) >= 11 is 4.83. The van der Waals surface area contributed by atoms with E-state index in [1.807, 2.05) is 0 Å². The van der Waals surface area contributed by atoms with Gasteiger partial charge >= 0.3 is 0 Å². The van der Waals surface area contributed by atoms with Crippen LogP contribution in [0.1, 0.15) is 0 Å². The molecule has 1 aliphatic heterocycles. The Hall–Kier alpha value is -0.510. The number of terminal acetylenes is 2. The monoisotopic (exact) mass is 184 g/mol. The van der Waals surface area contributed by atoms with Crippen molar-refractivity contribution in [2.75, 3.05) is 11.5 Å². The van der Waals surface area contributed by atoms with Crippen molar-refractivity contribution >= 4 is 19.7 Å². The van der Waals surface area contributed by atoms with Crippen LogP contribution < -0.4 is 0 Å². The summed E-state index contributed by atoms with van der Waals surface area (Å²) in [6.07, 6.45) is 10.4. The molecule has 0 aromatic rings. The topological polar surface area (TPSA) is 17.1 Å². The second-order valence-electron chi connectivity index (χ2n) is 2.62. The Morgan fingerprint density at radius 2 is 1.64 bits per heavy atom. The maximum absolute atomic E-state index is 11.3. The third kappa shape index (κ3) is 1.74. The molecule has 0 aromatic carbocycles. The molecular formula is C8H8OS2. The first-order valence-electron chi connectivity index (χ1n) is 3.22. The standard InChI is InChI=1S/C8H8OS2/c1-3-7-5-11(9,10)6-8(7)4-2/h1-2,7-8H,5-6H2. The van der Waals surface area contributed by atoms with Crippen molar-refractivity contribution < 1.29 is 4.21 Å². The fraction of sp³-hybridized carbons (Fsp3) is 0.500. The van der Waals surface area contributed by atoms with Gasteiger partial charge in [-0.05, 0) is 11.2 Å². The van der Waals surface area contributed by atoms with E-state index in [-0.39, 0.29) is 11.8 Å². The molecule has 1 fully saturated rings. The highest BCUT2D eigenvalue weighted by Crippen LogP contribution is 2.24. The Labute approximate surface area is 72.2 Å². The van der Waals surface area contributed by atoms with Gasteiger partial charge in [-0.1, -0.05) is 0 Å². The van der Waals surface area contributed by atoms with Crippen molar-refractivity contribution in [3.63, 3.8) is 0 Å². The van der Waals surface area contributed by atoms with Crippen molar-refractivity contribution in [2.24, 2.45) is 11.8 Å². The second-order valence-corrected chi connectivity index (χ2v) is 6.60. The quantitative estimate of drug-likeness (QED) is 0.502. The van der Waals surface area contributed by atoms with Gasteiger partial charge in [0.2, 0.25) is 0 Å². The molecule has 1 rings (SSSR count). The van der Waals surface area contributed by atoms with Crippen LogP contribution in [-0.4, -0.2) is 15.7 Å². The molecule has 2 atom stereocenters. The van der Waals surface area contributed by atoms with Crippen molar-refractivity contribution in [1.29, 1.82) is 0 Å². The molecule has 1 nitrogen and oxygen atoms in total. The second kappa shape index (κ2) is 2.85. The number of rotatable bonds is 0. The van der Waals surface area contributed by atoms with Gasteiger partial charge in [0.05, 0.1) is 0 Å². The van der Waals surface area contributed by atoms with Crippen LogP contribution in [0.15, 0.2) is 0 Å². The average Bonchev–Trinajstić information content (AvgIpc) is 2.25. The third-order valence-corrected chi connectivity index (χ3v) is 4.33. The zero-order valence-electron chi connectivity index (χ0n) is 5.95. The summed E-state index contributed by atoms with van der Waals surface area (Å²) in [4.78, 5) is 0. The summed E-state index contributed by atoms with van der Waals surface area (Å²) in [7, 11) is -2.12. The van der Waals surface area contributed by atoms with Crippen LogP contribution in [0.25, 0.3) is 0 Å². The van der Waals surface area contributed by atoms with Crippen molar-refractivity contribution in [3.8, 4) is 24.7 Å². The van der Waals surface area contributed by atoms with Crippen LogP contribution in [0.4, 0.5) is 0 Å². The van der Waals surface area contributed by atoms with E-state index in [0.29, 0.717) is 11.5 Å². The molecular weight excluding hydrogens is 176 g/mol. The smallest absolute Gasteiger partial charge is 0.0464 e. The van der Waals surface area contributed by atoms with E-state index in [2.05, 4.69) is 11.8 Å². The lowest BCUT2D eigenvalue weighted by atomic mass is 9.98. The summed E-state index contributed by atoms with van der Waals surface area (Å²) in [6.45, 7) is 0. The van der Waals surface area contributed by atoms with E-state index < -0.39 is 8.49 Å². The molecule has 0 aromatic heterocycles. The van der Waals surface area contributed by atoms with Crippen molar-refractivity contribution in [2.45, 2.75) is 0 Å². The molecule has 0 N–H and O–H groups in total. The first-order chi connectivity index (χ1) is 5.09. The van der Waals surface area contributed by atoms with Crippen LogP contribution in [0.3, 0.4) is 0 Å². The SMILES string of the molecule is C#CC1CS(=O)(=S)CC1C#C. The average molecular weight is 184 g/mol. The molecule has 1 aliphatic rings. The lowest BCUT2D eigenvalue weighted by Crippen LogP contribution is -2.06. The zero-order chi connectivity index (χ0) is 8.48. The minimum Gasteiger partial charge on any atom is -0.257 e. The Bertz CT molecular complexity index is 298. The molecule has 0 amide bonds. The van der Waals surface area contributed by atoms with Gasteiger partial charge in [0.25, 0.3) is 0 Å². The molecule has 0 saturated carbocycles. The van der Waals surface area contributed by atoms with Gasteiger partial charge in [0.15, 0.2) is 0 Å². The van der Waals surface area contributed by atoms with Gasteiger partial charge in [-0.2, -0.15) is 0 Å². The highest BCUT2D eigenvalue weighted by molar-refractivity contribution is 8.33. The molecule has 0 radical (unpaired) electrons. The minimum absolute atomic E-state index is 0.0648. The molecule has 58 valence electrons. The Balaban J connectivity index is 2.91. The van der Waals surface area contributed by atoms with E-state index >= 15 is 0 Å². The normalized spacial score (nSPS) is 42.7. The largest absolute Gasteiger partial charge is 0.257 e. The van der Waals surface area contributed by atoms with E-state index in [1.54, 1.807) is 0 Å². The van der Waals surface area contributed by atoms with Crippen LogP contribution in [0.5, 0.6) is 0 Å². The predicted molar refractivity (Wildman–Crippen MR) is 49.9 cm³/mol.